The highest BCUT2D eigenvalue weighted by Gasteiger charge is 2.60. The van der Waals surface area contributed by atoms with Crippen molar-refractivity contribution in [3.05, 3.63) is 111 Å². The molecule has 0 spiro atoms. The molecule has 172 valence electrons. The summed E-state index contributed by atoms with van der Waals surface area (Å²) in [5.41, 5.74) is 0.432. The van der Waals surface area contributed by atoms with Crippen LogP contribution in [-0.4, -0.2) is 30.1 Å². The number of esters is 2. The van der Waals surface area contributed by atoms with Gasteiger partial charge in [-0.2, -0.15) is 0 Å². The van der Waals surface area contributed by atoms with E-state index in [2.05, 4.69) is 0 Å². The third-order valence-corrected chi connectivity index (χ3v) is 5.82. The minimum absolute atomic E-state index is 0.0467. The van der Waals surface area contributed by atoms with Gasteiger partial charge >= 0.3 is 11.9 Å². The van der Waals surface area contributed by atoms with Crippen LogP contribution in [0.25, 0.3) is 11.1 Å². The normalized spacial score (nSPS) is 13.8. The summed E-state index contributed by atoms with van der Waals surface area (Å²) in [4.78, 5) is 39.0. The summed E-state index contributed by atoms with van der Waals surface area (Å²) in [6.45, 7) is 3.41. The maximum absolute atomic E-state index is 13.7. The molecule has 0 aromatic heterocycles. The second-order valence-electron chi connectivity index (χ2n) is 7.63. The summed E-state index contributed by atoms with van der Waals surface area (Å²) in [5, 5.41) is 12.0. The van der Waals surface area contributed by atoms with Crippen molar-refractivity contribution < 1.29 is 24.0 Å². The predicted molar refractivity (Wildman–Crippen MR) is 127 cm³/mol. The number of para-hydroxylation sites is 1. The van der Waals surface area contributed by atoms with Crippen LogP contribution in [0.4, 0.5) is 5.69 Å². The number of carbonyl (C=O) groups is 2. The van der Waals surface area contributed by atoms with Gasteiger partial charge < -0.3 is 9.47 Å². The fourth-order valence-electron chi connectivity index (χ4n) is 4.56. The maximum atomic E-state index is 13.7. The molecule has 0 radical (unpaired) electrons. The van der Waals surface area contributed by atoms with Crippen LogP contribution in [-0.2, 0) is 24.5 Å². The highest BCUT2D eigenvalue weighted by Crippen LogP contribution is 2.55. The lowest BCUT2D eigenvalue weighted by molar-refractivity contribution is -0.385. The predicted octanol–water partition coefficient (Wildman–Crippen LogP) is 4.93. The van der Waals surface area contributed by atoms with E-state index in [0.717, 1.165) is 0 Å². The molecule has 7 nitrogen and oxygen atoms in total. The number of fused-ring (bicyclic) bond motifs is 1. The second kappa shape index (κ2) is 9.31. The van der Waals surface area contributed by atoms with Crippen LogP contribution in [0.5, 0.6) is 0 Å². The molecule has 0 unspecified atom stereocenters. The zero-order valence-corrected chi connectivity index (χ0v) is 18.8. The van der Waals surface area contributed by atoms with Crippen molar-refractivity contribution in [3.63, 3.8) is 0 Å². The zero-order chi connectivity index (χ0) is 24.3. The van der Waals surface area contributed by atoms with Gasteiger partial charge in [0.1, 0.15) is 0 Å². The van der Waals surface area contributed by atoms with Gasteiger partial charge in [-0.1, -0.05) is 66.7 Å². The van der Waals surface area contributed by atoms with Crippen LogP contribution < -0.4 is 0 Å². The van der Waals surface area contributed by atoms with E-state index in [9.17, 15) is 19.7 Å². The number of nitro groups is 1. The molecular formula is C27H23NO6. The molecule has 0 fully saturated rings. The highest BCUT2D eigenvalue weighted by molar-refractivity contribution is 6.28. The fraction of sp³-hybridized carbons (Fsp3) is 0.185. The van der Waals surface area contributed by atoms with Crippen LogP contribution in [0.15, 0.2) is 78.9 Å². The molecular weight excluding hydrogens is 434 g/mol. The van der Waals surface area contributed by atoms with Crippen molar-refractivity contribution in [2.24, 2.45) is 0 Å². The van der Waals surface area contributed by atoms with Gasteiger partial charge in [-0.3, -0.25) is 19.7 Å². The van der Waals surface area contributed by atoms with E-state index in [0.29, 0.717) is 33.4 Å². The quantitative estimate of drug-likeness (QED) is 0.216. The Morgan fingerprint density at radius 3 is 1.91 bits per heavy atom. The molecule has 0 saturated carbocycles. The second-order valence-corrected chi connectivity index (χ2v) is 7.63. The number of hydrogen-bond donors (Lipinski definition) is 0. The summed E-state index contributed by atoms with van der Waals surface area (Å²) >= 11 is 0. The lowest BCUT2D eigenvalue weighted by atomic mass is 9.74. The first-order chi connectivity index (χ1) is 16.5. The summed E-state index contributed by atoms with van der Waals surface area (Å²) in [6.07, 6.45) is 0. The van der Waals surface area contributed by atoms with E-state index >= 15 is 0 Å². The third kappa shape index (κ3) is 3.46. The molecule has 0 saturated heterocycles. The average Bonchev–Trinajstić information content (AvgIpc) is 3.17. The zero-order valence-electron chi connectivity index (χ0n) is 18.8. The first-order valence-corrected chi connectivity index (χ1v) is 11.0. The van der Waals surface area contributed by atoms with E-state index < -0.39 is 22.3 Å². The monoisotopic (exact) mass is 457 g/mol. The number of nitro benzene ring substituents is 1. The smallest absolute Gasteiger partial charge is 0.332 e. The van der Waals surface area contributed by atoms with Crippen molar-refractivity contribution in [2.45, 2.75) is 19.3 Å². The number of hydrogen-bond acceptors (Lipinski definition) is 6. The largest absolute Gasteiger partial charge is 0.465 e. The van der Waals surface area contributed by atoms with Gasteiger partial charge in [-0.25, -0.2) is 0 Å². The molecule has 0 atom stereocenters. The summed E-state index contributed by atoms with van der Waals surface area (Å²) in [6, 6.07) is 22.1. The Kier molecular flexibility index (Phi) is 6.27. The lowest BCUT2D eigenvalue weighted by Crippen LogP contribution is -2.46. The molecule has 0 amide bonds. The Balaban J connectivity index is 2.22. The van der Waals surface area contributed by atoms with Crippen LogP contribution in [0.1, 0.15) is 36.1 Å². The number of ether oxygens (including phenoxy) is 2. The molecule has 1 aliphatic carbocycles. The van der Waals surface area contributed by atoms with E-state index in [1.54, 1.807) is 80.6 Å². The molecule has 7 heteroatoms. The van der Waals surface area contributed by atoms with Gasteiger partial charge in [-0.05, 0) is 36.6 Å². The lowest BCUT2D eigenvalue weighted by Gasteiger charge is -2.29. The van der Waals surface area contributed by atoms with E-state index in [1.165, 1.54) is 6.07 Å². The molecule has 1 aliphatic rings. The molecule has 4 rings (SSSR count). The molecule has 3 aromatic carbocycles. The van der Waals surface area contributed by atoms with Gasteiger partial charge in [0.15, 0.2) is 0 Å². The van der Waals surface area contributed by atoms with E-state index in [-0.39, 0.29) is 18.9 Å². The minimum atomic E-state index is -1.94. The van der Waals surface area contributed by atoms with Crippen molar-refractivity contribution in [1.29, 1.82) is 0 Å². The number of benzene rings is 3. The van der Waals surface area contributed by atoms with Crippen molar-refractivity contribution in [3.8, 4) is 0 Å². The first kappa shape index (κ1) is 22.9. The van der Waals surface area contributed by atoms with Gasteiger partial charge in [-0.15, -0.1) is 0 Å². The third-order valence-electron chi connectivity index (χ3n) is 5.82. The van der Waals surface area contributed by atoms with Crippen molar-refractivity contribution in [2.75, 3.05) is 13.2 Å². The van der Waals surface area contributed by atoms with Gasteiger partial charge in [0.2, 0.25) is 5.41 Å². The van der Waals surface area contributed by atoms with Crippen LogP contribution in [0, 0.1) is 10.1 Å². The molecule has 34 heavy (non-hydrogen) atoms. The maximum Gasteiger partial charge on any atom is 0.332 e. The van der Waals surface area contributed by atoms with Gasteiger partial charge in [0.25, 0.3) is 5.69 Å². The SMILES string of the molecule is CCOC(=O)C1(C(=O)OCC)C(c2ccccc2)=C(c2ccccc2[N+](=O)[O-])c2ccccc21. The van der Waals surface area contributed by atoms with Crippen LogP contribution in [0.3, 0.4) is 0 Å². The number of rotatable bonds is 7. The van der Waals surface area contributed by atoms with E-state index in [4.69, 9.17) is 9.47 Å². The standard InChI is InChI=1S/C27H23NO6/c1-3-33-25(29)27(26(30)34-4-2)21-16-10-8-14-19(21)23(24(27)18-12-6-5-7-13-18)20-15-9-11-17-22(20)28(31)32/h5-17H,3-4H2,1-2H3. The molecule has 0 bridgehead atoms. The summed E-state index contributed by atoms with van der Waals surface area (Å²) < 4.78 is 10.9. The van der Waals surface area contributed by atoms with Gasteiger partial charge in [0.05, 0.1) is 23.7 Å². The van der Waals surface area contributed by atoms with Crippen LogP contribution >= 0.6 is 0 Å². The van der Waals surface area contributed by atoms with Crippen LogP contribution in [0.2, 0.25) is 0 Å². The number of carbonyl (C=O) groups excluding carboxylic acids is 2. The van der Waals surface area contributed by atoms with E-state index in [1.807, 2.05) is 6.07 Å². The van der Waals surface area contributed by atoms with Crippen molar-refractivity contribution in [1.82, 2.24) is 0 Å². The highest BCUT2D eigenvalue weighted by atomic mass is 16.6. The first-order valence-electron chi connectivity index (χ1n) is 11.0. The van der Waals surface area contributed by atoms with Crippen molar-refractivity contribution >= 4 is 28.8 Å². The Morgan fingerprint density at radius 1 is 0.794 bits per heavy atom. The fourth-order valence-corrected chi connectivity index (χ4v) is 4.56. The molecule has 0 aliphatic heterocycles. The Labute approximate surface area is 196 Å². The minimum Gasteiger partial charge on any atom is -0.465 e. The summed E-state index contributed by atoms with van der Waals surface area (Å²) in [5.74, 6) is -1.57. The number of nitrogens with zero attached hydrogens (tertiary/aromatic N) is 1. The topological polar surface area (TPSA) is 95.7 Å². The Bertz CT molecular complexity index is 1280. The summed E-state index contributed by atoms with van der Waals surface area (Å²) in [7, 11) is 0. The molecule has 3 aromatic rings. The van der Waals surface area contributed by atoms with Gasteiger partial charge in [0, 0.05) is 17.2 Å². The Morgan fingerprint density at radius 2 is 1.32 bits per heavy atom. The Hall–Kier alpha value is -4.26. The average molecular weight is 457 g/mol. The molecule has 0 heterocycles. The molecule has 0 N–H and O–H groups in total.